The molecular weight excluding hydrogens is 438 g/mol. The van der Waals surface area contributed by atoms with Crippen LogP contribution in [0.25, 0.3) is 0 Å². The highest BCUT2D eigenvalue weighted by Crippen LogP contribution is 2.37. The van der Waals surface area contributed by atoms with Gasteiger partial charge < -0.3 is 15.0 Å². The summed E-state index contributed by atoms with van der Waals surface area (Å²) in [6, 6.07) is 15.7. The summed E-state index contributed by atoms with van der Waals surface area (Å²) in [7, 11) is 0. The van der Waals surface area contributed by atoms with Crippen molar-refractivity contribution in [3.8, 4) is 0 Å². The molecule has 1 amide bonds. The van der Waals surface area contributed by atoms with Crippen LogP contribution in [0.15, 0.2) is 48.5 Å². The van der Waals surface area contributed by atoms with E-state index in [1.54, 1.807) is 4.90 Å². The van der Waals surface area contributed by atoms with E-state index in [-0.39, 0.29) is 19.2 Å². The summed E-state index contributed by atoms with van der Waals surface area (Å²) >= 11 is 0. The number of rotatable bonds is 5. The lowest BCUT2D eigenvalue weighted by atomic mass is 9.93. The van der Waals surface area contributed by atoms with Crippen LogP contribution in [0.4, 0.5) is 25.0 Å². The van der Waals surface area contributed by atoms with E-state index in [0.717, 1.165) is 55.1 Å². The van der Waals surface area contributed by atoms with Crippen LogP contribution >= 0.6 is 0 Å². The maximum absolute atomic E-state index is 14.2. The smallest absolute Gasteiger partial charge is 0.414 e. The molecule has 5 rings (SSSR count). The number of carbonyl (C=O) groups is 1. The molecule has 2 aromatic carbocycles. The zero-order valence-corrected chi connectivity index (χ0v) is 19.4. The van der Waals surface area contributed by atoms with E-state index in [0.29, 0.717) is 26.1 Å². The number of alkyl halides is 2. The van der Waals surface area contributed by atoms with Gasteiger partial charge >= 0.3 is 6.09 Å². The van der Waals surface area contributed by atoms with Gasteiger partial charge in [-0.1, -0.05) is 36.4 Å². The largest absolute Gasteiger partial charge is 0.444 e. The normalized spacial score (nSPS) is 22.5. The Morgan fingerprint density at radius 3 is 2.53 bits per heavy atom. The number of ether oxygens (including phenoxy) is 1. The monoisotopic (exact) mass is 470 g/mol. The van der Waals surface area contributed by atoms with Crippen molar-refractivity contribution in [1.82, 2.24) is 10.2 Å². The Labute approximate surface area is 199 Å². The van der Waals surface area contributed by atoms with E-state index >= 15 is 0 Å². The molecule has 0 bridgehead atoms. The molecule has 34 heavy (non-hydrogen) atoms. The van der Waals surface area contributed by atoms with Gasteiger partial charge in [0.05, 0.1) is 12.2 Å². The van der Waals surface area contributed by atoms with Crippen molar-refractivity contribution in [2.24, 2.45) is 5.92 Å². The summed E-state index contributed by atoms with van der Waals surface area (Å²) < 4.78 is 34.0. The SMILES string of the molecule is O=C(OCc1ccccc1)N1CCc2c(N3CCN(C[C@@H]4CCNCC4(F)F)CC3)cccc21. The van der Waals surface area contributed by atoms with Crippen LogP contribution in [0.2, 0.25) is 0 Å². The number of nitrogens with one attached hydrogen (secondary N) is 1. The molecule has 182 valence electrons. The highest BCUT2D eigenvalue weighted by atomic mass is 19.3. The quantitative estimate of drug-likeness (QED) is 0.721. The van der Waals surface area contributed by atoms with Gasteiger partial charge in [-0.15, -0.1) is 0 Å². The van der Waals surface area contributed by atoms with E-state index in [1.165, 1.54) is 0 Å². The average molecular weight is 471 g/mol. The van der Waals surface area contributed by atoms with Crippen molar-refractivity contribution < 1.29 is 18.3 Å². The Balaban J connectivity index is 1.19. The second-order valence-corrected chi connectivity index (χ2v) is 9.43. The van der Waals surface area contributed by atoms with E-state index < -0.39 is 11.8 Å². The zero-order valence-electron chi connectivity index (χ0n) is 19.4. The van der Waals surface area contributed by atoms with Crippen molar-refractivity contribution >= 4 is 17.5 Å². The molecule has 0 unspecified atom stereocenters. The molecule has 0 saturated carbocycles. The first-order valence-corrected chi connectivity index (χ1v) is 12.2. The molecule has 2 aromatic rings. The van der Waals surface area contributed by atoms with Gasteiger partial charge in [-0.25, -0.2) is 13.6 Å². The first-order chi connectivity index (χ1) is 16.5. The standard InChI is InChI=1S/C26H32F2N4O2/c27-26(28)19-29-11-9-21(26)17-30-13-15-31(16-14-30)23-7-4-8-24-22(23)10-12-32(24)25(33)34-18-20-5-2-1-3-6-20/h1-8,21,29H,9-19H2/t21-/m0/s1. The third-order valence-corrected chi connectivity index (χ3v) is 7.25. The third kappa shape index (κ3) is 4.88. The van der Waals surface area contributed by atoms with Gasteiger partial charge in [0, 0.05) is 56.4 Å². The number of benzene rings is 2. The molecular formula is C26H32F2N4O2. The van der Waals surface area contributed by atoms with Gasteiger partial charge in [0.1, 0.15) is 6.61 Å². The van der Waals surface area contributed by atoms with Gasteiger partial charge in [-0.05, 0) is 37.1 Å². The van der Waals surface area contributed by atoms with E-state index in [2.05, 4.69) is 21.2 Å². The molecule has 0 radical (unpaired) electrons. The number of hydrogen-bond donors (Lipinski definition) is 1. The summed E-state index contributed by atoms with van der Waals surface area (Å²) in [5, 5.41) is 2.81. The number of piperidine rings is 1. The highest BCUT2D eigenvalue weighted by Gasteiger charge is 2.42. The fourth-order valence-corrected chi connectivity index (χ4v) is 5.29. The fourth-order valence-electron chi connectivity index (χ4n) is 5.29. The number of piperazine rings is 1. The zero-order chi connectivity index (χ0) is 23.5. The van der Waals surface area contributed by atoms with Crippen LogP contribution in [-0.2, 0) is 17.8 Å². The Kier molecular flexibility index (Phi) is 6.70. The Morgan fingerprint density at radius 2 is 1.76 bits per heavy atom. The molecule has 6 nitrogen and oxygen atoms in total. The molecule has 8 heteroatoms. The molecule has 1 N–H and O–H groups in total. The second kappa shape index (κ2) is 9.88. The number of fused-ring (bicyclic) bond motifs is 1. The maximum atomic E-state index is 14.2. The molecule has 1 atom stereocenters. The van der Waals surface area contributed by atoms with Crippen molar-refractivity contribution in [3.63, 3.8) is 0 Å². The molecule has 0 spiro atoms. The fraction of sp³-hybridized carbons (Fsp3) is 0.500. The van der Waals surface area contributed by atoms with E-state index in [1.807, 2.05) is 42.5 Å². The Morgan fingerprint density at radius 1 is 1.00 bits per heavy atom. The minimum Gasteiger partial charge on any atom is -0.444 e. The average Bonchev–Trinajstić information content (AvgIpc) is 3.29. The lowest BCUT2D eigenvalue weighted by molar-refractivity contribution is -0.0831. The van der Waals surface area contributed by atoms with Crippen LogP contribution in [0, 0.1) is 5.92 Å². The van der Waals surface area contributed by atoms with Crippen molar-refractivity contribution in [1.29, 1.82) is 0 Å². The van der Waals surface area contributed by atoms with E-state index in [9.17, 15) is 13.6 Å². The summed E-state index contributed by atoms with van der Waals surface area (Å²) in [5.74, 6) is -3.20. The molecule has 2 saturated heterocycles. The van der Waals surface area contributed by atoms with Gasteiger partial charge in [0.2, 0.25) is 0 Å². The van der Waals surface area contributed by atoms with Crippen LogP contribution < -0.4 is 15.1 Å². The summed E-state index contributed by atoms with van der Waals surface area (Å²) in [4.78, 5) is 19.0. The number of carbonyl (C=O) groups excluding carboxylic acids is 1. The molecule has 0 aliphatic carbocycles. The third-order valence-electron chi connectivity index (χ3n) is 7.25. The van der Waals surface area contributed by atoms with Gasteiger partial charge in [-0.3, -0.25) is 9.80 Å². The first kappa shape index (κ1) is 23.1. The lowest BCUT2D eigenvalue weighted by Gasteiger charge is -2.40. The predicted molar refractivity (Wildman–Crippen MR) is 129 cm³/mol. The molecule has 0 aromatic heterocycles. The summed E-state index contributed by atoms with van der Waals surface area (Å²) in [6.07, 6.45) is 0.982. The number of halogens is 2. The van der Waals surface area contributed by atoms with Crippen LogP contribution in [0.5, 0.6) is 0 Å². The van der Waals surface area contributed by atoms with E-state index in [4.69, 9.17) is 4.74 Å². The molecule has 3 aliphatic rings. The number of anilines is 2. The molecule has 3 heterocycles. The summed E-state index contributed by atoms with van der Waals surface area (Å²) in [5.41, 5.74) is 4.18. The summed E-state index contributed by atoms with van der Waals surface area (Å²) in [6.45, 7) is 4.90. The van der Waals surface area contributed by atoms with Crippen molar-refractivity contribution in [2.45, 2.75) is 25.4 Å². The lowest BCUT2D eigenvalue weighted by Crippen LogP contribution is -2.53. The molecule has 2 fully saturated rings. The number of amides is 1. The van der Waals surface area contributed by atoms with Crippen LogP contribution in [0.3, 0.4) is 0 Å². The number of nitrogens with zero attached hydrogens (tertiary/aromatic N) is 3. The molecule has 3 aliphatic heterocycles. The van der Waals surface area contributed by atoms with Gasteiger partial charge in [0.15, 0.2) is 0 Å². The minimum absolute atomic E-state index is 0.210. The number of hydrogen-bond acceptors (Lipinski definition) is 5. The predicted octanol–water partition coefficient (Wildman–Crippen LogP) is 3.75. The van der Waals surface area contributed by atoms with Gasteiger partial charge in [0.25, 0.3) is 5.92 Å². The van der Waals surface area contributed by atoms with Crippen LogP contribution in [0.1, 0.15) is 17.5 Å². The highest BCUT2D eigenvalue weighted by molar-refractivity contribution is 5.92. The van der Waals surface area contributed by atoms with Crippen molar-refractivity contribution in [2.75, 3.05) is 62.2 Å². The topological polar surface area (TPSA) is 48.1 Å². The maximum Gasteiger partial charge on any atom is 0.414 e. The second-order valence-electron chi connectivity index (χ2n) is 9.43. The minimum atomic E-state index is -2.63. The Hall–Kier alpha value is -2.71. The van der Waals surface area contributed by atoms with Crippen LogP contribution in [-0.4, -0.2) is 69.3 Å². The Bertz CT molecular complexity index is 996. The van der Waals surface area contributed by atoms with Gasteiger partial charge in [-0.2, -0.15) is 0 Å². The first-order valence-electron chi connectivity index (χ1n) is 12.2. The van der Waals surface area contributed by atoms with Crippen molar-refractivity contribution in [3.05, 3.63) is 59.7 Å².